The Labute approximate surface area is 188 Å². The largest absolute Gasteiger partial charge is 0.435 e. The van der Waals surface area contributed by atoms with E-state index in [0.717, 1.165) is 36.3 Å². The van der Waals surface area contributed by atoms with Gasteiger partial charge in [-0.15, -0.1) is 0 Å². The fraction of sp³-hybridized carbons (Fsp3) is 0.417. The molecule has 0 unspecified atom stereocenters. The van der Waals surface area contributed by atoms with E-state index in [1.165, 1.54) is 25.3 Å². The van der Waals surface area contributed by atoms with Crippen molar-refractivity contribution in [2.24, 2.45) is 0 Å². The number of likely N-dealkylation sites (tertiary alicyclic amines) is 1. The number of ether oxygens (including phenoxy) is 1. The first-order valence-corrected chi connectivity index (χ1v) is 12.5. The van der Waals surface area contributed by atoms with Crippen molar-refractivity contribution in [3.05, 3.63) is 69.6 Å². The Morgan fingerprint density at radius 3 is 2.50 bits per heavy atom. The molecule has 2 aromatic rings. The molecule has 1 aliphatic heterocycles. The number of rotatable bonds is 8. The number of halogens is 2. The van der Waals surface area contributed by atoms with Crippen LogP contribution in [0.15, 0.2) is 47.4 Å². The minimum absolute atomic E-state index is 0.0851. The highest BCUT2D eigenvalue weighted by Gasteiger charge is 2.23. The van der Waals surface area contributed by atoms with E-state index in [4.69, 9.17) is 0 Å². The molecule has 1 saturated heterocycles. The Kier molecular flexibility index (Phi) is 7.23. The van der Waals surface area contributed by atoms with Crippen molar-refractivity contribution >= 4 is 16.1 Å². The molecule has 0 amide bonds. The number of aryl methyl sites for hydroxylation is 1. The lowest BCUT2D eigenvalue weighted by Gasteiger charge is -2.27. The lowest BCUT2D eigenvalue weighted by molar-refractivity contribution is -0.0498. The molecule has 1 aliphatic carbocycles. The van der Waals surface area contributed by atoms with Crippen molar-refractivity contribution < 1.29 is 21.9 Å². The normalized spacial score (nSPS) is 17.2. The molecule has 172 valence electrons. The lowest BCUT2D eigenvalue weighted by Crippen LogP contribution is -2.30. The van der Waals surface area contributed by atoms with E-state index >= 15 is 0 Å². The summed E-state index contributed by atoms with van der Waals surface area (Å²) in [7, 11) is -3.66. The molecule has 0 aromatic heterocycles. The second-order valence-electron chi connectivity index (χ2n) is 8.28. The summed E-state index contributed by atoms with van der Waals surface area (Å²) in [6, 6.07) is 12.6. The van der Waals surface area contributed by atoms with Gasteiger partial charge in [0.05, 0.1) is 4.91 Å². The van der Waals surface area contributed by atoms with Crippen LogP contribution in [0.1, 0.15) is 47.9 Å². The Bertz CT molecular complexity index is 1080. The van der Waals surface area contributed by atoms with E-state index in [1.54, 1.807) is 18.2 Å². The highest BCUT2D eigenvalue weighted by Crippen LogP contribution is 2.30. The van der Waals surface area contributed by atoms with E-state index in [0.29, 0.717) is 23.3 Å². The number of benzene rings is 2. The summed E-state index contributed by atoms with van der Waals surface area (Å²) in [5.41, 5.74) is 3.64. The summed E-state index contributed by atoms with van der Waals surface area (Å²) in [4.78, 5) is 2.73. The highest BCUT2D eigenvalue weighted by atomic mass is 32.2. The number of nitrogens with zero attached hydrogens (tertiary/aromatic N) is 1. The molecule has 1 N–H and O–H groups in total. The average molecular weight is 463 g/mol. The molecule has 5 nitrogen and oxygen atoms in total. The van der Waals surface area contributed by atoms with Gasteiger partial charge in [-0.2, -0.15) is 8.78 Å². The molecule has 8 heteroatoms. The third kappa shape index (κ3) is 5.74. The molecule has 0 radical (unpaired) electrons. The second kappa shape index (κ2) is 10.1. The third-order valence-electron chi connectivity index (χ3n) is 6.06. The van der Waals surface area contributed by atoms with Gasteiger partial charge in [-0.25, -0.2) is 13.1 Å². The SMILES string of the molecule is O=S(=O)(NCc1ccccc1CN1CCCCC1)C1=Cc2ccc(OC(F)F)cc2CC1. The number of nitrogens with one attached hydrogen (secondary N) is 1. The van der Waals surface area contributed by atoms with Crippen LogP contribution in [-0.2, 0) is 29.5 Å². The smallest absolute Gasteiger partial charge is 0.387 e. The fourth-order valence-electron chi connectivity index (χ4n) is 4.34. The Hall–Kier alpha value is -2.29. The van der Waals surface area contributed by atoms with Gasteiger partial charge in [0.2, 0.25) is 10.0 Å². The summed E-state index contributed by atoms with van der Waals surface area (Å²) < 4.78 is 58.0. The van der Waals surface area contributed by atoms with Crippen LogP contribution in [0.3, 0.4) is 0 Å². The van der Waals surface area contributed by atoms with Gasteiger partial charge < -0.3 is 4.74 Å². The van der Waals surface area contributed by atoms with E-state index in [1.807, 2.05) is 18.2 Å². The van der Waals surface area contributed by atoms with Crippen LogP contribution in [0.25, 0.3) is 6.08 Å². The minimum Gasteiger partial charge on any atom is -0.435 e. The molecular weight excluding hydrogens is 434 g/mol. The van der Waals surface area contributed by atoms with Crippen LogP contribution in [0.2, 0.25) is 0 Å². The van der Waals surface area contributed by atoms with Crippen LogP contribution >= 0.6 is 0 Å². The van der Waals surface area contributed by atoms with Gasteiger partial charge in [0.1, 0.15) is 5.75 Å². The third-order valence-corrected chi connectivity index (χ3v) is 7.59. The van der Waals surface area contributed by atoms with Crippen molar-refractivity contribution in [2.45, 2.75) is 51.8 Å². The molecule has 0 saturated carbocycles. The van der Waals surface area contributed by atoms with E-state index < -0.39 is 16.6 Å². The monoisotopic (exact) mass is 462 g/mol. The number of piperidine rings is 1. The Morgan fingerprint density at radius 1 is 1.00 bits per heavy atom. The predicted octanol–water partition coefficient (Wildman–Crippen LogP) is 4.68. The van der Waals surface area contributed by atoms with Gasteiger partial charge in [-0.3, -0.25) is 4.90 Å². The Morgan fingerprint density at radius 2 is 1.75 bits per heavy atom. The van der Waals surface area contributed by atoms with Crippen LogP contribution in [0.4, 0.5) is 8.78 Å². The minimum atomic E-state index is -3.66. The van der Waals surface area contributed by atoms with Crippen molar-refractivity contribution in [1.29, 1.82) is 0 Å². The number of allylic oxidation sites excluding steroid dienone is 1. The topological polar surface area (TPSA) is 58.6 Å². The van der Waals surface area contributed by atoms with Crippen LogP contribution in [0.5, 0.6) is 5.75 Å². The van der Waals surface area contributed by atoms with Crippen LogP contribution in [0, 0.1) is 0 Å². The molecule has 1 fully saturated rings. The zero-order valence-corrected chi connectivity index (χ0v) is 18.7. The fourth-order valence-corrected chi connectivity index (χ4v) is 5.52. The molecule has 0 atom stereocenters. The number of alkyl halides is 2. The molecular formula is C24H28F2N2O3S. The zero-order valence-electron chi connectivity index (χ0n) is 17.9. The summed E-state index contributed by atoms with van der Waals surface area (Å²) in [6.07, 6.45) is 6.08. The first-order chi connectivity index (χ1) is 15.4. The van der Waals surface area contributed by atoms with E-state index in [-0.39, 0.29) is 12.3 Å². The molecule has 4 rings (SSSR count). The van der Waals surface area contributed by atoms with Gasteiger partial charge in [0.15, 0.2) is 0 Å². The van der Waals surface area contributed by atoms with Gasteiger partial charge >= 0.3 is 6.61 Å². The summed E-state index contributed by atoms with van der Waals surface area (Å²) in [5, 5.41) is 0. The quantitative estimate of drug-likeness (QED) is 0.619. The van der Waals surface area contributed by atoms with Crippen molar-refractivity contribution in [1.82, 2.24) is 9.62 Å². The number of hydrogen-bond donors (Lipinski definition) is 1. The van der Waals surface area contributed by atoms with Gasteiger partial charge in [0, 0.05) is 13.1 Å². The summed E-state index contributed by atoms with van der Waals surface area (Å²) in [6.45, 7) is 0.340. The van der Waals surface area contributed by atoms with Crippen molar-refractivity contribution in [3.63, 3.8) is 0 Å². The molecule has 2 aliphatic rings. The maximum atomic E-state index is 13.0. The molecule has 2 aromatic carbocycles. The maximum Gasteiger partial charge on any atom is 0.387 e. The van der Waals surface area contributed by atoms with Crippen LogP contribution < -0.4 is 9.46 Å². The number of hydrogen-bond acceptors (Lipinski definition) is 4. The van der Waals surface area contributed by atoms with Crippen molar-refractivity contribution in [2.75, 3.05) is 13.1 Å². The Balaban J connectivity index is 1.44. The number of sulfonamides is 1. The molecule has 0 bridgehead atoms. The van der Waals surface area contributed by atoms with E-state index in [9.17, 15) is 17.2 Å². The standard InChI is InChI=1S/C24H28F2N2O3S/c25-24(26)31-22-10-8-19-15-23(11-9-18(19)14-22)32(29,30)27-16-20-6-2-3-7-21(20)17-28-12-4-1-5-13-28/h2-3,6-8,10,14-15,24,27H,1,4-5,9,11-13,16-17H2. The summed E-state index contributed by atoms with van der Waals surface area (Å²) >= 11 is 0. The van der Waals surface area contributed by atoms with Crippen LogP contribution in [-0.4, -0.2) is 33.0 Å². The van der Waals surface area contributed by atoms with Crippen molar-refractivity contribution in [3.8, 4) is 5.75 Å². The lowest BCUT2D eigenvalue weighted by atomic mass is 9.97. The van der Waals surface area contributed by atoms with Gasteiger partial charge in [0.25, 0.3) is 0 Å². The zero-order chi connectivity index (χ0) is 22.6. The van der Waals surface area contributed by atoms with E-state index in [2.05, 4.69) is 20.4 Å². The van der Waals surface area contributed by atoms with Gasteiger partial charge in [-0.1, -0.05) is 36.8 Å². The second-order valence-corrected chi connectivity index (χ2v) is 10.1. The summed E-state index contributed by atoms with van der Waals surface area (Å²) in [5.74, 6) is 0.0851. The molecule has 32 heavy (non-hydrogen) atoms. The predicted molar refractivity (Wildman–Crippen MR) is 121 cm³/mol. The molecule has 1 heterocycles. The first kappa shape index (κ1) is 22.9. The molecule has 0 spiro atoms. The number of fused-ring (bicyclic) bond motifs is 1. The highest BCUT2D eigenvalue weighted by molar-refractivity contribution is 7.93. The average Bonchev–Trinajstić information content (AvgIpc) is 2.78. The van der Waals surface area contributed by atoms with Gasteiger partial charge in [-0.05, 0) is 79.2 Å². The maximum absolute atomic E-state index is 13.0. The first-order valence-electron chi connectivity index (χ1n) is 11.0.